The maximum Gasteiger partial charge on any atom is 0.230 e. The minimum absolute atomic E-state index is 0.0834. The van der Waals surface area contributed by atoms with E-state index in [-0.39, 0.29) is 17.4 Å². The lowest BCUT2D eigenvalue weighted by Gasteiger charge is -2.08. The summed E-state index contributed by atoms with van der Waals surface area (Å²) < 4.78 is 5.48. The summed E-state index contributed by atoms with van der Waals surface area (Å²) in [7, 11) is 0. The molecule has 0 aliphatic carbocycles. The van der Waals surface area contributed by atoms with Crippen LogP contribution in [0.25, 0.3) is 0 Å². The van der Waals surface area contributed by atoms with Gasteiger partial charge in [0.15, 0.2) is 0 Å². The fourth-order valence-electron chi connectivity index (χ4n) is 1.65. The Morgan fingerprint density at radius 3 is 2.57 bits per heavy atom. The number of phenolic OH excluding ortho intramolecular Hbond substituents is 1. The molecule has 0 aliphatic heterocycles. The molecule has 5 heteroatoms. The zero-order chi connectivity index (χ0) is 14.9. The average molecular weight is 303 g/mol. The van der Waals surface area contributed by atoms with Gasteiger partial charge in [0, 0.05) is 4.90 Å². The van der Waals surface area contributed by atoms with Crippen molar-refractivity contribution in [1.29, 1.82) is 0 Å². The molecule has 110 valence electrons. The van der Waals surface area contributed by atoms with Gasteiger partial charge in [-0.15, -0.1) is 11.8 Å². The van der Waals surface area contributed by atoms with Crippen LogP contribution in [0.15, 0.2) is 59.5 Å². The number of ether oxygens (including phenoxy) is 1. The van der Waals surface area contributed by atoms with Gasteiger partial charge in [-0.1, -0.05) is 30.3 Å². The first-order chi connectivity index (χ1) is 10.3. The summed E-state index contributed by atoms with van der Waals surface area (Å²) in [5.74, 6) is 1.17. The van der Waals surface area contributed by atoms with E-state index in [2.05, 4.69) is 5.32 Å². The maximum absolute atomic E-state index is 11.7. The highest BCUT2D eigenvalue weighted by atomic mass is 32.2. The second-order valence-electron chi connectivity index (χ2n) is 4.27. The van der Waals surface area contributed by atoms with Crippen LogP contribution in [0.1, 0.15) is 0 Å². The van der Waals surface area contributed by atoms with Gasteiger partial charge in [0.2, 0.25) is 5.91 Å². The summed E-state index contributed by atoms with van der Waals surface area (Å²) in [6, 6.07) is 16.4. The van der Waals surface area contributed by atoms with Crippen molar-refractivity contribution in [3.05, 3.63) is 54.6 Å². The van der Waals surface area contributed by atoms with Crippen molar-refractivity contribution in [1.82, 2.24) is 5.32 Å². The third-order valence-electron chi connectivity index (χ3n) is 2.66. The van der Waals surface area contributed by atoms with Crippen molar-refractivity contribution < 1.29 is 14.6 Å². The van der Waals surface area contributed by atoms with E-state index >= 15 is 0 Å². The van der Waals surface area contributed by atoms with Gasteiger partial charge in [0.25, 0.3) is 0 Å². The van der Waals surface area contributed by atoms with Gasteiger partial charge >= 0.3 is 0 Å². The van der Waals surface area contributed by atoms with E-state index in [4.69, 9.17) is 4.74 Å². The Balaban J connectivity index is 1.63. The summed E-state index contributed by atoms with van der Waals surface area (Å²) in [5.41, 5.74) is 0. The summed E-state index contributed by atoms with van der Waals surface area (Å²) in [6.07, 6.45) is 0. The summed E-state index contributed by atoms with van der Waals surface area (Å²) in [4.78, 5) is 12.4. The maximum atomic E-state index is 11.7. The molecule has 21 heavy (non-hydrogen) atoms. The van der Waals surface area contributed by atoms with Crippen LogP contribution in [-0.4, -0.2) is 29.9 Å². The van der Waals surface area contributed by atoms with E-state index in [9.17, 15) is 9.90 Å². The Hall–Kier alpha value is -2.14. The monoisotopic (exact) mass is 303 g/mol. The molecule has 0 heterocycles. The van der Waals surface area contributed by atoms with Crippen molar-refractivity contribution >= 4 is 17.7 Å². The molecule has 1 amide bonds. The third kappa shape index (κ3) is 5.39. The molecule has 0 bridgehead atoms. The van der Waals surface area contributed by atoms with Crippen LogP contribution in [0.4, 0.5) is 0 Å². The minimum Gasteiger partial charge on any atom is -0.507 e. The second kappa shape index (κ2) is 8.21. The molecule has 4 nitrogen and oxygen atoms in total. The molecule has 0 saturated heterocycles. The zero-order valence-corrected chi connectivity index (χ0v) is 12.3. The molecule has 0 aliphatic rings. The number of thioether (sulfide) groups is 1. The van der Waals surface area contributed by atoms with Crippen LogP contribution in [0.3, 0.4) is 0 Å². The molecule has 2 aromatic rings. The number of nitrogens with one attached hydrogen (secondary N) is 1. The number of benzene rings is 2. The number of para-hydroxylation sites is 2. The normalized spacial score (nSPS) is 10.1. The average Bonchev–Trinajstić information content (AvgIpc) is 2.52. The zero-order valence-electron chi connectivity index (χ0n) is 11.5. The summed E-state index contributed by atoms with van der Waals surface area (Å²) >= 11 is 1.31. The Kier molecular flexibility index (Phi) is 5.97. The standard InChI is InChI=1S/C16H17NO3S/c18-14-8-4-5-9-15(14)21-12-16(19)17-10-11-20-13-6-2-1-3-7-13/h1-9,18H,10-12H2,(H,17,19). The van der Waals surface area contributed by atoms with Crippen LogP contribution < -0.4 is 10.1 Å². The smallest absolute Gasteiger partial charge is 0.230 e. The van der Waals surface area contributed by atoms with Crippen molar-refractivity contribution in [2.45, 2.75) is 4.90 Å². The largest absolute Gasteiger partial charge is 0.507 e. The fourth-order valence-corrected chi connectivity index (χ4v) is 2.43. The van der Waals surface area contributed by atoms with E-state index in [0.29, 0.717) is 18.0 Å². The first-order valence-electron chi connectivity index (χ1n) is 6.61. The molecule has 0 radical (unpaired) electrons. The van der Waals surface area contributed by atoms with Crippen molar-refractivity contribution in [3.63, 3.8) is 0 Å². The predicted octanol–water partition coefficient (Wildman–Crippen LogP) is 2.68. The number of carbonyl (C=O) groups excluding carboxylic acids is 1. The lowest BCUT2D eigenvalue weighted by molar-refractivity contribution is -0.118. The predicted molar refractivity (Wildman–Crippen MR) is 83.8 cm³/mol. The van der Waals surface area contributed by atoms with Crippen molar-refractivity contribution in [2.75, 3.05) is 18.9 Å². The molecule has 2 N–H and O–H groups in total. The fraction of sp³-hybridized carbons (Fsp3) is 0.188. The Morgan fingerprint density at radius 2 is 1.81 bits per heavy atom. The molecule has 0 fully saturated rings. The quantitative estimate of drug-likeness (QED) is 0.610. The minimum atomic E-state index is -0.0834. The molecule has 0 aromatic heterocycles. The molecule has 2 aromatic carbocycles. The van der Waals surface area contributed by atoms with Gasteiger partial charge in [0.05, 0.1) is 12.3 Å². The van der Waals surface area contributed by atoms with Gasteiger partial charge in [-0.3, -0.25) is 4.79 Å². The first kappa shape index (κ1) is 15.3. The van der Waals surface area contributed by atoms with Crippen molar-refractivity contribution in [3.8, 4) is 11.5 Å². The first-order valence-corrected chi connectivity index (χ1v) is 7.59. The van der Waals surface area contributed by atoms with Crippen LogP contribution in [0.2, 0.25) is 0 Å². The number of phenols is 1. The third-order valence-corrected chi connectivity index (χ3v) is 3.72. The number of carbonyl (C=O) groups is 1. The number of hydrogen-bond donors (Lipinski definition) is 2. The van der Waals surface area contributed by atoms with E-state index in [1.807, 2.05) is 36.4 Å². The second-order valence-corrected chi connectivity index (χ2v) is 5.29. The van der Waals surface area contributed by atoms with E-state index in [1.165, 1.54) is 11.8 Å². The molecule has 0 unspecified atom stereocenters. The van der Waals surface area contributed by atoms with Gasteiger partial charge in [0.1, 0.15) is 18.1 Å². The van der Waals surface area contributed by atoms with Crippen LogP contribution in [0, 0.1) is 0 Å². The number of hydrogen-bond acceptors (Lipinski definition) is 4. The Bertz CT molecular complexity index is 575. The highest BCUT2D eigenvalue weighted by Gasteiger charge is 2.05. The Labute approximate surface area is 128 Å². The van der Waals surface area contributed by atoms with Crippen LogP contribution in [-0.2, 0) is 4.79 Å². The van der Waals surface area contributed by atoms with Gasteiger partial charge in [-0.25, -0.2) is 0 Å². The van der Waals surface area contributed by atoms with Gasteiger partial charge < -0.3 is 15.2 Å². The lowest BCUT2D eigenvalue weighted by atomic mass is 10.3. The molecule has 0 saturated carbocycles. The highest BCUT2D eigenvalue weighted by Crippen LogP contribution is 2.27. The topological polar surface area (TPSA) is 58.6 Å². The number of rotatable bonds is 7. The molecule has 0 spiro atoms. The van der Waals surface area contributed by atoms with Gasteiger partial charge in [-0.2, -0.15) is 0 Å². The summed E-state index contributed by atoms with van der Waals surface area (Å²) in [5, 5.41) is 12.4. The SMILES string of the molecule is O=C(CSc1ccccc1O)NCCOc1ccccc1. The van der Waals surface area contributed by atoms with E-state index < -0.39 is 0 Å². The molecule has 2 rings (SSSR count). The summed E-state index contributed by atoms with van der Waals surface area (Å²) in [6.45, 7) is 0.881. The Morgan fingerprint density at radius 1 is 1.10 bits per heavy atom. The highest BCUT2D eigenvalue weighted by molar-refractivity contribution is 8.00. The molecular weight excluding hydrogens is 286 g/mol. The molecular formula is C16H17NO3S. The van der Waals surface area contributed by atoms with Crippen LogP contribution in [0.5, 0.6) is 11.5 Å². The van der Waals surface area contributed by atoms with E-state index in [1.54, 1.807) is 18.2 Å². The van der Waals surface area contributed by atoms with E-state index in [0.717, 1.165) is 5.75 Å². The van der Waals surface area contributed by atoms with Gasteiger partial charge in [-0.05, 0) is 24.3 Å². The molecule has 0 atom stereocenters. The number of aromatic hydroxyl groups is 1. The number of amides is 1. The van der Waals surface area contributed by atoms with Crippen molar-refractivity contribution in [2.24, 2.45) is 0 Å². The van der Waals surface area contributed by atoms with Crippen LogP contribution >= 0.6 is 11.8 Å². The lowest BCUT2D eigenvalue weighted by Crippen LogP contribution is -2.29.